The van der Waals surface area contributed by atoms with Crippen LogP contribution in [-0.2, 0) is 0 Å². The SMILES string of the molecule is CCCNC(C)(C#N)COc1cc(C)c([N+](=O)[O-])cc1F. The van der Waals surface area contributed by atoms with E-state index in [0.717, 1.165) is 12.5 Å². The van der Waals surface area contributed by atoms with Crippen molar-refractivity contribution in [1.29, 1.82) is 5.26 Å². The molecule has 0 radical (unpaired) electrons. The van der Waals surface area contributed by atoms with E-state index in [1.807, 2.05) is 6.92 Å². The van der Waals surface area contributed by atoms with Gasteiger partial charge in [0, 0.05) is 5.56 Å². The summed E-state index contributed by atoms with van der Waals surface area (Å²) in [5, 5.41) is 22.9. The lowest BCUT2D eigenvalue weighted by Crippen LogP contribution is -2.46. The van der Waals surface area contributed by atoms with Gasteiger partial charge in [-0.05, 0) is 32.9 Å². The summed E-state index contributed by atoms with van der Waals surface area (Å²) in [6, 6.07) is 4.18. The van der Waals surface area contributed by atoms with Crippen LogP contribution in [0.2, 0.25) is 0 Å². The number of benzene rings is 1. The van der Waals surface area contributed by atoms with Gasteiger partial charge in [0.2, 0.25) is 0 Å². The Morgan fingerprint density at radius 1 is 1.57 bits per heavy atom. The molecule has 0 bridgehead atoms. The molecule has 1 aromatic rings. The quantitative estimate of drug-likeness (QED) is 0.617. The first-order chi connectivity index (χ1) is 9.83. The van der Waals surface area contributed by atoms with Gasteiger partial charge in [-0.1, -0.05) is 6.92 Å². The zero-order valence-corrected chi connectivity index (χ0v) is 12.3. The Bertz CT molecular complexity index is 571. The predicted molar refractivity (Wildman–Crippen MR) is 75.6 cm³/mol. The first kappa shape index (κ1) is 16.9. The maximum Gasteiger partial charge on any atom is 0.275 e. The molecule has 0 aliphatic rings. The Balaban J connectivity index is 2.87. The first-order valence-electron chi connectivity index (χ1n) is 6.56. The number of aryl methyl sites for hydroxylation is 1. The lowest BCUT2D eigenvalue weighted by molar-refractivity contribution is -0.385. The van der Waals surface area contributed by atoms with Gasteiger partial charge in [-0.15, -0.1) is 0 Å². The number of nitriles is 1. The van der Waals surface area contributed by atoms with Gasteiger partial charge < -0.3 is 4.74 Å². The summed E-state index contributed by atoms with van der Waals surface area (Å²) in [6.45, 7) is 5.69. The highest BCUT2D eigenvalue weighted by molar-refractivity contribution is 5.45. The van der Waals surface area contributed by atoms with E-state index in [9.17, 15) is 14.5 Å². The van der Waals surface area contributed by atoms with Crippen molar-refractivity contribution in [2.45, 2.75) is 32.7 Å². The normalized spacial score (nSPS) is 13.3. The van der Waals surface area contributed by atoms with Gasteiger partial charge in [0.15, 0.2) is 11.6 Å². The Labute approximate surface area is 122 Å². The van der Waals surface area contributed by atoms with E-state index < -0.39 is 16.3 Å². The molecule has 0 saturated heterocycles. The van der Waals surface area contributed by atoms with Crippen molar-refractivity contribution in [3.63, 3.8) is 0 Å². The van der Waals surface area contributed by atoms with Crippen molar-refractivity contribution in [3.8, 4) is 11.8 Å². The molecule has 0 aliphatic carbocycles. The minimum atomic E-state index is -0.946. The van der Waals surface area contributed by atoms with E-state index in [2.05, 4.69) is 11.4 Å². The van der Waals surface area contributed by atoms with E-state index in [0.29, 0.717) is 12.1 Å². The van der Waals surface area contributed by atoms with Crippen molar-refractivity contribution >= 4 is 5.69 Å². The summed E-state index contributed by atoms with van der Waals surface area (Å²) in [7, 11) is 0. The van der Waals surface area contributed by atoms with Gasteiger partial charge in [0.25, 0.3) is 5.69 Å². The average Bonchev–Trinajstić information content (AvgIpc) is 2.45. The highest BCUT2D eigenvalue weighted by Crippen LogP contribution is 2.27. The number of ether oxygens (including phenoxy) is 1. The van der Waals surface area contributed by atoms with Crippen LogP contribution in [-0.4, -0.2) is 23.6 Å². The third-order valence-corrected chi connectivity index (χ3v) is 2.98. The second-order valence-corrected chi connectivity index (χ2v) is 4.99. The van der Waals surface area contributed by atoms with Crippen LogP contribution in [0.15, 0.2) is 12.1 Å². The lowest BCUT2D eigenvalue weighted by Gasteiger charge is -2.23. The van der Waals surface area contributed by atoms with Crippen molar-refractivity contribution in [2.24, 2.45) is 0 Å². The summed E-state index contributed by atoms with van der Waals surface area (Å²) in [5.74, 6) is -0.916. The summed E-state index contributed by atoms with van der Waals surface area (Å²) >= 11 is 0. The number of nitro benzene ring substituents is 1. The maximum absolute atomic E-state index is 13.8. The molecular formula is C14H18FN3O3. The second kappa shape index (κ2) is 6.99. The number of nitro groups is 1. The van der Waals surface area contributed by atoms with Gasteiger partial charge in [-0.25, -0.2) is 4.39 Å². The van der Waals surface area contributed by atoms with Crippen LogP contribution in [0.3, 0.4) is 0 Å². The van der Waals surface area contributed by atoms with Crippen LogP contribution < -0.4 is 10.1 Å². The molecule has 1 aromatic carbocycles. The predicted octanol–water partition coefficient (Wildman–Crippen LogP) is 2.70. The molecule has 0 heterocycles. The molecule has 1 rings (SSSR count). The van der Waals surface area contributed by atoms with Crippen LogP contribution in [0.1, 0.15) is 25.8 Å². The van der Waals surface area contributed by atoms with Crippen LogP contribution in [0.4, 0.5) is 10.1 Å². The van der Waals surface area contributed by atoms with E-state index in [1.165, 1.54) is 13.0 Å². The third kappa shape index (κ3) is 4.39. The minimum Gasteiger partial charge on any atom is -0.487 e. The van der Waals surface area contributed by atoms with Gasteiger partial charge in [0.1, 0.15) is 12.1 Å². The molecule has 0 aromatic heterocycles. The van der Waals surface area contributed by atoms with Crippen LogP contribution in [0, 0.1) is 34.2 Å². The standard InChI is InChI=1S/C14H18FN3O3/c1-4-5-17-14(3,8-16)9-21-13-6-10(2)12(18(19)20)7-11(13)15/h6-7,17H,4-5,9H2,1-3H3. The fraction of sp³-hybridized carbons (Fsp3) is 0.500. The Morgan fingerprint density at radius 3 is 2.76 bits per heavy atom. The molecule has 6 nitrogen and oxygen atoms in total. The summed E-state index contributed by atoms with van der Waals surface area (Å²) in [5.41, 5.74) is -0.943. The topological polar surface area (TPSA) is 88.2 Å². The van der Waals surface area contributed by atoms with Crippen LogP contribution >= 0.6 is 0 Å². The maximum atomic E-state index is 13.8. The minimum absolute atomic E-state index is 0.0579. The number of hydrogen-bond acceptors (Lipinski definition) is 5. The Morgan fingerprint density at radius 2 is 2.24 bits per heavy atom. The smallest absolute Gasteiger partial charge is 0.275 e. The zero-order valence-electron chi connectivity index (χ0n) is 12.3. The van der Waals surface area contributed by atoms with E-state index in [-0.39, 0.29) is 18.0 Å². The Hall–Kier alpha value is -2.20. The number of hydrogen-bond donors (Lipinski definition) is 1. The number of nitrogens with one attached hydrogen (secondary N) is 1. The molecular weight excluding hydrogens is 277 g/mol. The van der Waals surface area contributed by atoms with E-state index >= 15 is 0 Å². The lowest BCUT2D eigenvalue weighted by atomic mass is 10.1. The van der Waals surface area contributed by atoms with Crippen molar-refractivity contribution in [1.82, 2.24) is 5.32 Å². The van der Waals surface area contributed by atoms with Gasteiger partial charge >= 0.3 is 0 Å². The molecule has 0 fully saturated rings. The summed E-state index contributed by atoms with van der Waals surface area (Å²) in [4.78, 5) is 10.1. The van der Waals surface area contributed by atoms with Crippen molar-refractivity contribution in [3.05, 3.63) is 33.6 Å². The molecule has 7 heteroatoms. The van der Waals surface area contributed by atoms with Crippen LogP contribution in [0.5, 0.6) is 5.75 Å². The third-order valence-electron chi connectivity index (χ3n) is 2.98. The van der Waals surface area contributed by atoms with Gasteiger partial charge in [-0.2, -0.15) is 5.26 Å². The van der Waals surface area contributed by atoms with Crippen LogP contribution in [0.25, 0.3) is 0 Å². The molecule has 1 unspecified atom stereocenters. The fourth-order valence-electron chi connectivity index (χ4n) is 1.70. The highest BCUT2D eigenvalue weighted by atomic mass is 19.1. The molecule has 114 valence electrons. The molecule has 0 spiro atoms. The molecule has 0 amide bonds. The second-order valence-electron chi connectivity index (χ2n) is 4.99. The zero-order chi connectivity index (χ0) is 16.0. The van der Waals surface area contributed by atoms with E-state index in [4.69, 9.17) is 10.00 Å². The summed E-state index contributed by atoms with van der Waals surface area (Å²) < 4.78 is 19.1. The summed E-state index contributed by atoms with van der Waals surface area (Å²) in [6.07, 6.45) is 0.849. The fourth-order valence-corrected chi connectivity index (χ4v) is 1.70. The number of nitrogens with zero attached hydrogens (tertiary/aromatic N) is 2. The largest absolute Gasteiger partial charge is 0.487 e. The first-order valence-corrected chi connectivity index (χ1v) is 6.56. The molecule has 0 saturated carbocycles. The van der Waals surface area contributed by atoms with E-state index in [1.54, 1.807) is 6.92 Å². The van der Waals surface area contributed by atoms with Crippen molar-refractivity contribution in [2.75, 3.05) is 13.2 Å². The van der Waals surface area contributed by atoms with Gasteiger partial charge in [-0.3, -0.25) is 15.4 Å². The monoisotopic (exact) mass is 295 g/mol. The van der Waals surface area contributed by atoms with Gasteiger partial charge in [0.05, 0.1) is 17.1 Å². The van der Waals surface area contributed by atoms with Crippen molar-refractivity contribution < 1.29 is 14.1 Å². The Kier molecular flexibility index (Phi) is 5.61. The average molecular weight is 295 g/mol. The molecule has 21 heavy (non-hydrogen) atoms. The molecule has 1 atom stereocenters. The number of rotatable bonds is 7. The molecule has 0 aliphatic heterocycles. The highest BCUT2D eigenvalue weighted by Gasteiger charge is 2.25. The molecule has 1 N–H and O–H groups in total. The number of halogens is 1.